The first-order chi connectivity index (χ1) is 12.4. The largest absolute Gasteiger partial charge is 0.302 e. The van der Waals surface area contributed by atoms with E-state index in [1.807, 2.05) is 12.4 Å². The highest BCUT2D eigenvalue weighted by atomic mass is 15.1. The molecule has 1 aliphatic heterocycles. The Hall–Kier alpha value is -2.45. The molecule has 1 fully saturated rings. The van der Waals surface area contributed by atoms with Gasteiger partial charge in [0.15, 0.2) is 0 Å². The number of hydrogen-bond donors (Lipinski definition) is 0. The average molecular weight is 328 g/mol. The Morgan fingerprint density at radius 2 is 1.32 bits per heavy atom. The van der Waals surface area contributed by atoms with Crippen molar-refractivity contribution >= 4 is 0 Å². The third-order valence-electron chi connectivity index (χ3n) is 5.17. The fourth-order valence-corrected chi connectivity index (χ4v) is 3.76. The van der Waals surface area contributed by atoms with Crippen LogP contribution in [0, 0.1) is 0 Å². The van der Waals surface area contributed by atoms with Crippen molar-refractivity contribution in [3.8, 4) is 11.1 Å². The molecule has 1 unspecified atom stereocenters. The summed E-state index contributed by atoms with van der Waals surface area (Å²) in [5.41, 5.74) is 5.28. The van der Waals surface area contributed by atoms with Crippen molar-refractivity contribution in [2.75, 3.05) is 19.6 Å². The van der Waals surface area contributed by atoms with Gasteiger partial charge in [-0.05, 0) is 60.3 Å². The van der Waals surface area contributed by atoms with E-state index in [2.05, 4.69) is 76.6 Å². The number of rotatable bonds is 5. The lowest BCUT2D eigenvalue weighted by Crippen LogP contribution is -2.26. The molecule has 0 bridgehead atoms. The molecule has 2 heterocycles. The number of benzene rings is 2. The third kappa shape index (κ3) is 3.80. The van der Waals surface area contributed by atoms with Crippen LogP contribution in [-0.2, 0) is 0 Å². The fourth-order valence-electron chi connectivity index (χ4n) is 3.76. The maximum Gasteiger partial charge on any atom is 0.0273 e. The first kappa shape index (κ1) is 16.0. The Labute approximate surface area is 150 Å². The topological polar surface area (TPSA) is 16.1 Å². The molecule has 0 aliphatic carbocycles. The minimum Gasteiger partial charge on any atom is -0.302 e. The van der Waals surface area contributed by atoms with Crippen LogP contribution in [0.2, 0.25) is 0 Å². The van der Waals surface area contributed by atoms with Crippen LogP contribution in [0.1, 0.15) is 29.9 Å². The molecule has 126 valence electrons. The molecule has 0 saturated carbocycles. The molecule has 2 nitrogen and oxygen atoms in total. The minimum absolute atomic E-state index is 0.436. The van der Waals surface area contributed by atoms with Crippen LogP contribution in [0.5, 0.6) is 0 Å². The molecule has 0 radical (unpaired) electrons. The minimum atomic E-state index is 0.436. The van der Waals surface area contributed by atoms with E-state index >= 15 is 0 Å². The molecule has 0 spiro atoms. The van der Waals surface area contributed by atoms with Crippen molar-refractivity contribution in [2.24, 2.45) is 0 Å². The summed E-state index contributed by atoms with van der Waals surface area (Å²) in [5.74, 6) is 0.436. The van der Waals surface area contributed by atoms with E-state index in [9.17, 15) is 0 Å². The third-order valence-corrected chi connectivity index (χ3v) is 5.17. The molecule has 1 aromatic heterocycles. The van der Waals surface area contributed by atoms with E-state index in [4.69, 9.17) is 0 Å². The molecule has 0 N–H and O–H groups in total. The summed E-state index contributed by atoms with van der Waals surface area (Å²) in [6, 6.07) is 24.1. The van der Waals surface area contributed by atoms with Crippen LogP contribution in [0.25, 0.3) is 11.1 Å². The highest BCUT2D eigenvalue weighted by Crippen LogP contribution is 2.29. The zero-order valence-electron chi connectivity index (χ0n) is 14.5. The number of pyridine rings is 1. The van der Waals surface area contributed by atoms with Gasteiger partial charge < -0.3 is 4.90 Å². The summed E-state index contributed by atoms with van der Waals surface area (Å²) in [7, 11) is 0. The second-order valence-corrected chi connectivity index (χ2v) is 6.83. The predicted octanol–water partition coefficient (Wildman–Crippen LogP) is 4.98. The molecule has 0 amide bonds. The number of nitrogens with zero attached hydrogens (tertiary/aromatic N) is 2. The van der Waals surface area contributed by atoms with E-state index in [0.29, 0.717) is 5.92 Å². The van der Waals surface area contributed by atoms with E-state index in [0.717, 1.165) is 6.54 Å². The number of likely N-dealkylation sites (tertiary alicyclic amines) is 1. The Kier molecular flexibility index (Phi) is 4.89. The van der Waals surface area contributed by atoms with Gasteiger partial charge in [0.05, 0.1) is 0 Å². The van der Waals surface area contributed by atoms with Crippen molar-refractivity contribution in [3.05, 3.63) is 90.3 Å². The van der Waals surface area contributed by atoms with Gasteiger partial charge in [-0.25, -0.2) is 0 Å². The summed E-state index contributed by atoms with van der Waals surface area (Å²) in [6.07, 6.45) is 6.37. The highest BCUT2D eigenvalue weighted by Gasteiger charge is 2.20. The van der Waals surface area contributed by atoms with E-state index in [1.54, 1.807) is 0 Å². The van der Waals surface area contributed by atoms with E-state index in [1.165, 1.54) is 48.2 Å². The Balaban J connectivity index is 1.62. The molecular formula is C23H24N2. The quantitative estimate of drug-likeness (QED) is 0.657. The van der Waals surface area contributed by atoms with E-state index in [-0.39, 0.29) is 0 Å². The van der Waals surface area contributed by atoms with Gasteiger partial charge in [0.2, 0.25) is 0 Å². The van der Waals surface area contributed by atoms with Crippen molar-refractivity contribution in [1.82, 2.24) is 9.88 Å². The van der Waals surface area contributed by atoms with Crippen molar-refractivity contribution in [2.45, 2.75) is 18.8 Å². The summed E-state index contributed by atoms with van der Waals surface area (Å²) in [4.78, 5) is 6.71. The summed E-state index contributed by atoms with van der Waals surface area (Å²) < 4.78 is 0. The molecule has 3 aromatic rings. The van der Waals surface area contributed by atoms with Gasteiger partial charge in [0.1, 0.15) is 0 Å². The first-order valence-corrected chi connectivity index (χ1v) is 9.18. The normalized spacial score (nSPS) is 16.0. The summed E-state index contributed by atoms with van der Waals surface area (Å²) in [6.45, 7) is 3.58. The maximum atomic E-state index is 4.11. The van der Waals surface area contributed by atoms with Crippen LogP contribution in [0.15, 0.2) is 79.1 Å². The second-order valence-electron chi connectivity index (χ2n) is 6.83. The Morgan fingerprint density at radius 3 is 2.00 bits per heavy atom. The van der Waals surface area contributed by atoms with Gasteiger partial charge in [0.25, 0.3) is 0 Å². The molecule has 2 heteroatoms. The number of hydrogen-bond acceptors (Lipinski definition) is 2. The summed E-state index contributed by atoms with van der Waals surface area (Å²) in [5, 5.41) is 0. The van der Waals surface area contributed by atoms with Crippen LogP contribution in [0.3, 0.4) is 0 Å². The first-order valence-electron chi connectivity index (χ1n) is 9.18. The molecule has 1 saturated heterocycles. The maximum absolute atomic E-state index is 4.11. The highest BCUT2D eigenvalue weighted by molar-refractivity contribution is 5.63. The van der Waals surface area contributed by atoms with Crippen molar-refractivity contribution in [3.63, 3.8) is 0 Å². The van der Waals surface area contributed by atoms with Gasteiger partial charge in [-0.1, -0.05) is 54.6 Å². The van der Waals surface area contributed by atoms with Crippen LogP contribution >= 0.6 is 0 Å². The zero-order valence-corrected chi connectivity index (χ0v) is 14.5. The zero-order chi connectivity index (χ0) is 16.9. The Morgan fingerprint density at radius 1 is 0.720 bits per heavy atom. The van der Waals surface area contributed by atoms with Gasteiger partial charge >= 0.3 is 0 Å². The molecular weight excluding hydrogens is 304 g/mol. The summed E-state index contributed by atoms with van der Waals surface area (Å²) >= 11 is 0. The number of aromatic nitrogens is 1. The van der Waals surface area contributed by atoms with Crippen LogP contribution in [-0.4, -0.2) is 29.5 Å². The van der Waals surface area contributed by atoms with Crippen LogP contribution < -0.4 is 0 Å². The lowest BCUT2D eigenvalue weighted by Gasteiger charge is -2.24. The van der Waals surface area contributed by atoms with Crippen molar-refractivity contribution < 1.29 is 0 Å². The average Bonchev–Trinajstić information content (AvgIpc) is 3.21. The Bertz CT molecular complexity index is 775. The van der Waals surface area contributed by atoms with Crippen molar-refractivity contribution in [1.29, 1.82) is 0 Å². The van der Waals surface area contributed by atoms with Gasteiger partial charge in [0, 0.05) is 24.9 Å². The molecule has 1 aliphatic rings. The fraction of sp³-hybridized carbons (Fsp3) is 0.261. The smallest absolute Gasteiger partial charge is 0.0273 e. The van der Waals surface area contributed by atoms with Gasteiger partial charge in [-0.15, -0.1) is 0 Å². The van der Waals surface area contributed by atoms with E-state index < -0.39 is 0 Å². The standard InChI is InChI=1S/C23H24N2/c1-2-6-21(7-3-1)23(18-25-16-4-5-17-25)22-10-8-19(9-11-22)20-12-14-24-15-13-20/h1-3,6-15,23H,4-5,16-18H2. The monoisotopic (exact) mass is 328 g/mol. The lowest BCUT2D eigenvalue weighted by atomic mass is 9.89. The van der Waals surface area contributed by atoms with Crippen LogP contribution in [0.4, 0.5) is 0 Å². The lowest BCUT2D eigenvalue weighted by molar-refractivity contribution is 0.327. The molecule has 25 heavy (non-hydrogen) atoms. The molecule has 4 rings (SSSR count). The van der Waals surface area contributed by atoms with Gasteiger partial charge in [-0.2, -0.15) is 0 Å². The second kappa shape index (κ2) is 7.62. The molecule has 2 aromatic carbocycles. The molecule has 1 atom stereocenters. The SMILES string of the molecule is c1ccc(C(CN2CCCC2)c2ccc(-c3ccncc3)cc2)cc1. The predicted molar refractivity (Wildman–Crippen MR) is 104 cm³/mol. The van der Waals surface area contributed by atoms with Gasteiger partial charge in [-0.3, -0.25) is 4.98 Å².